The van der Waals surface area contributed by atoms with Gasteiger partial charge in [0.15, 0.2) is 0 Å². The smallest absolute Gasteiger partial charge is 0.142 e. The zero-order chi connectivity index (χ0) is 13.1. The van der Waals surface area contributed by atoms with Gasteiger partial charge in [0, 0.05) is 23.9 Å². The molecule has 0 aliphatic carbocycles. The Morgan fingerprint density at radius 1 is 1.22 bits per heavy atom. The van der Waals surface area contributed by atoms with Gasteiger partial charge in [-0.25, -0.2) is 4.39 Å². The number of aromatic nitrogens is 1. The fourth-order valence-corrected chi connectivity index (χ4v) is 2.13. The van der Waals surface area contributed by atoms with E-state index in [-0.39, 0.29) is 17.0 Å². The molecule has 18 heavy (non-hydrogen) atoms. The molecule has 1 heterocycles. The predicted octanol–water partition coefficient (Wildman–Crippen LogP) is 3.68. The number of nitrogens with two attached hydrogens (primary N) is 1. The fourth-order valence-electron chi connectivity index (χ4n) is 1.88. The van der Waals surface area contributed by atoms with Gasteiger partial charge in [0.05, 0.1) is 5.02 Å². The number of rotatable bonds is 3. The third-order valence-electron chi connectivity index (χ3n) is 3.03. The molecule has 0 bridgehead atoms. The molecule has 4 heteroatoms. The van der Waals surface area contributed by atoms with Gasteiger partial charge in [-0.05, 0) is 23.8 Å². The molecule has 94 valence electrons. The lowest BCUT2D eigenvalue weighted by atomic mass is 9.92. The molecule has 1 aromatic heterocycles. The minimum absolute atomic E-state index is 0.0366. The number of halogens is 2. The van der Waals surface area contributed by atoms with E-state index in [9.17, 15) is 4.39 Å². The molecule has 0 radical (unpaired) electrons. The largest absolute Gasteiger partial charge is 0.323 e. The number of nitrogens with zero attached hydrogens (tertiary/aromatic N) is 1. The van der Waals surface area contributed by atoms with Crippen LogP contribution in [0.15, 0.2) is 42.6 Å². The van der Waals surface area contributed by atoms with Crippen LogP contribution in [0.5, 0.6) is 0 Å². The Labute approximate surface area is 111 Å². The van der Waals surface area contributed by atoms with E-state index in [1.54, 1.807) is 18.3 Å². The standard InChI is InChI=1S/C14H14ClFN2/c1-9(12-7-2-3-8-18-12)14(17)10-5-4-6-11(16)13(10)15/h2-9,14H,17H2,1H3. The summed E-state index contributed by atoms with van der Waals surface area (Å²) in [6, 6.07) is 9.94. The van der Waals surface area contributed by atoms with Crippen molar-refractivity contribution in [2.75, 3.05) is 0 Å². The number of hydrogen-bond acceptors (Lipinski definition) is 2. The average molecular weight is 265 g/mol. The summed E-state index contributed by atoms with van der Waals surface area (Å²) in [5.74, 6) is -0.483. The van der Waals surface area contributed by atoms with Crippen LogP contribution < -0.4 is 5.73 Å². The van der Waals surface area contributed by atoms with Gasteiger partial charge >= 0.3 is 0 Å². The summed E-state index contributed by atoms with van der Waals surface area (Å²) in [7, 11) is 0. The lowest BCUT2D eigenvalue weighted by Crippen LogP contribution is -2.19. The van der Waals surface area contributed by atoms with Gasteiger partial charge in [-0.15, -0.1) is 0 Å². The van der Waals surface area contributed by atoms with Crippen LogP contribution in [-0.4, -0.2) is 4.98 Å². The van der Waals surface area contributed by atoms with Crippen molar-refractivity contribution in [3.8, 4) is 0 Å². The van der Waals surface area contributed by atoms with Crippen molar-refractivity contribution >= 4 is 11.6 Å². The van der Waals surface area contributed by atoms with E-state index in [1.165, 1.54) is 6.07 Å². The number of hydrogen-bond donors (Lipinski definition) is 1. The molecule has 0 aliphatic heterocycles. The maximum absolute atomic E-state index is 13.4. The van der Waals surface area contributed by atoms with Gasteiger partial charge in [0.1, 0.15) is 5.82 Å². The van der Waals surface area contributed by atoms with E-state index in [0.717, 1.165) is 5.69 Å². The van der Waals surface area contributed by atoms with E-state index < -0.39 is 5.82 Å². The van der Waals surface area contributed by atoms with E-state index >= 15 is 0 Å². The second kappa shape index (κ2) is 5.46. The summed E-state index contributed by atoms with van der Waals surface area (Å²) in [6.07, 6.45) is 1.71. The van der Waals surface area contributed by atoms with Gasteiger partial charge in [0.2, 0.25) is 0 Å². The summed E-state index contributed by atoms with van der Waals surface area (Å²) in [5.41, 5.74) is 7.62. The molecule has 0 aliphatic rings. The van der Waals surface area contributed by atoms with Crippen molar-refractivity contribution in [2.24, 2.45) is 5.73 Å². The maximum Gasteiger partial charge on any atom is 0.142 e. The SMILES string of the molecule is CC(c1ccccn1)C(N)c1cccc(F)c1Cl. The summed E-state index contributed by atoms with van der Waals surface area (Å²) in [4.78, 5) is 4.26. The third-order valence-corrected chi connectivity index (χ3v) is 3.43. The molecule has 0 saturated heterocycles. The lowest BCUT2D eigenvalue weighted by Gasteiger charge is -2.21. The summed E-state index contributed by atoms with van der Waals surface area (Å²) < 4.78 is 13.4. The molecule has 0 saturated carbocycles. The molecule has 2 nitrogen and oxygen atoms in total. The van der Waals surface area contributed by atoms with Crippen molar-refractivity contribution in [3.05, 3.63) is 64.7 Å². The lowest BCUT2D eigenvalue weighted by molar-refractivity contribution is 0.572. The second-order valence-corrected chi connectivity index (χ2v) is 4.59. The summed E-state index contributed by atoms with van der Waals surface area (Å²) in [6.45, 7) is 1.95. The van der Waals surface area contributed by atoms with Gasteiger partial charge < -0.3 is 5.73 Å². The van der Waals surface area contributed by atoms with Crippen LogP contribution in [0.1, 0.15) is 30.1 Å². The highest BCUT2D eigenvalue weighted by molar-refractivity contribution is 6.31. The monoisotopic (exact) mass is 264 g/mol. The van der Waals surface area contributed by atoms with E-state index in [0.29, 0.717) is 5.56 Å². The Morgan fingerprint density at radius 3 is 2.67 bits per heavy atom. The topological polar surface area (TPSA) is 38.9 Å². The molecule has 0 fully saturated rings. The fraction of sp³-hybridized carbons (Fsp3) is 0.214. The van der Waals surface area contributed by atoms with Crippen molar-refractivity contribution in [1.29, 1.82) is 0 Å². The minimum atomic E-state index is -0.446. The molecule has 2 N–H and O–H groups in total. The Morgan fingerprint density at radius 2 is 2.00 bits per heavy atom. The van der Waals surface area contributed by atoms with Crippen LogP contribution in [0.25, 0.3) is 0 Å². The van der Waals surface area contributed by atoms with Gasteiger partial charge in [-0.2, -0.15) is 0 Å². The highest BCUT2D eigenvalue weighted by atomic mass is 35.5. The highest BCUT2D eigenvalue weighted by Crippen LogP contribution is 2.32. The zero-order valence-corrected chi connectivity index (χ0v) is 10.7. The Bertz CT molecular complexity index is 531. The highest BCUT2D eigenvalue weighted by Gasteiger charge is 2.21. The van der Waals surface area contributed by atoms with Crippen LogP contribution in [0.3, 0.4) is 0 Å². The first-order valence-electron chi connectivity index (χ1n) is 5.71. The first-order valence-corrected chi connectivity index (χ1v) is 6.09. The van der Waals surface area contributed by atoms with E-state index in [1.807, 2.05) is 25.1 Å². The number of pyridine rings is 1. The van der Waals surface area contributed by atoms with Gasteiger partial charge in [-0.1, -0.05) is 36.7 Å². The molecule has 2 aromatic rings. The summed E-state index contributed by atoms with van der Waals surface area (Å²) >= 11 is 5.94. The summed E-state index contributed by atoms with van der Waals surface area (Å²) in [5, 5.41) is 0.0905. The first-order chi connectivity index (χ1) is 8.61. The molecule has 0 amide bonds. The Kier molecular flexibility index (Phi) is 3.94. The molecule has 1 aromatic carbocycles. The molecule has 2 atom stereocenters. The van der Waals surface area contributed by atoms with Crippen molar-refractivity contribution < 1.29 is 4.39 Å². The van der Waals surface area contributed by atoms with Crippen LogP contribution in [0, 0.1) is 5.82 Å². The second-order valence-electron chi connectivity index (χ2n) is 4.21. The van der Waals surface area contributed by atoms with Crippen LogP contribution in [-0.2, 0) is 0 Å². The normalized spacial score (nSPS) is 14.2. The Hall–Kier alpha value is -1.45. The van der Waals surface area contributed by atoms with Crippen LogP contribution >= 0.6 is 11.6 Å². The number of benzene rings is 1. The van der Waals surface area contributed by atoms with Gasteiger partial charge in [-0.3, -0.25) is 4.98 Å². The first kappa shape index (κ1) is 13.0. The molecule has 2 unspecified atom stereocenters. The molecule has 2 rings (SSSR count). The molecule has 0 spiro atoms. The predicted molar refractivity (Wildman–Crippen MR) is 71.0 cm³/mol. The van der Waals surface area contributed by atoms with Crippen molar-refractivity contribution in [1.82, 2.24) is 4.98 Å². The van der Waals surface area contributed by atoms with E-state index in [4.69, 9.17) is 17.3 Å². The Balaban J connectivity index is 2.31. The van der Waals surface area contributed by atoms with Crippen LogP contribution in [0.4, 0.5) is 4.39 Å². The average Bonchev–Trinajstić information content (AvgIpc) is 2.41. The van der Waals surface area contributed by atoms with Gasteiger partial charge in [0.25, 0.3) is 0 Å². The zero-order valence-electron chi connectivity index (χ0n) is 9.98. The van der Waals surface area contributed by atoms with E-state index in [2.05, 4.69) is 4.98 Å². The van der Waals surface area contributed by atoms with Crippen LogP contribution in [0.2, 0.25) is 5.02 Å². The molecular weight excluding hydrogens is 251 g/mol. The van der Waals surface area contributed by atoms with Crippen molar-refractivity contribution in [3.63, 3.8) is 0 Å². The minimum Gasteiger partial charge on any atom is -0.323 e. The molecular formula is C14H14ClFN2. The maximum atomic E-state index is 13.4. The van der Waals surface area contributed by atoms with Crippen molar-refractivity contribution in [2.45, 2.75) is 18.9 Å². The quantitative estimate of drug-likeness (QED) is 0.919. The third kappa shape index (κ3) is 2.52.